The molecule has 0 saturated carbocycles. The molecule has 0 aliphatic heterocycles. The highest BCUT2D eigenvalue weighted by atomic mass is 16.5. The minimum atomic E-state index is -0.333. The van der Waals surface area contributed by atoms with Crippen molar-refractivity contribution < 1.29 is 9.53 Å². The molecule has 0 unspecified atom stereocenters. The lowest BCUT2D eigenvalue weighted by Gasteiger charge is -2.10. The Balaban J connectivity index is 1.89. The molecule has 6 nitrogen and oxygen atoms in total. The molecule has 0 spiro atoms. The fraction of sp³-hybridized carbons (Fsp3) is 0.0625. The highest BCUT2D eigenvalue weighted by Crippen LogP contribution is 2.29. The molecule has 3 aromatic rings. The minimum absolute atomic E-state index is 0.333. The molecule has 6 heteroatoms. The van der Waals surface area contributed by atoms with Crippen LogP contribution in [0.4, 0.5) is 10.6 Å². The summed E-state index contributed by atoms with van der Waals surface area (Å²) in [4.78, 5) is 19.5. The molecule has 2 heterocycles. The van der Waals surface area contributed by atoms with E-state index in [1.807, 2.05) is 24.3 Å². The standard InChI is InChI=1S/C16H14N4O2/c1-17-16(21)20-15-9-12(5-8-19-15)22-14-4-2-3-11-10-18-7-6-13(11)14/h2-10H,1H3,(H2,17,19,20,21). The number of hydrogen-bond acceptors (Lipinski definition) is 4. The number of carbonyl (C=O) groups excluding carboxylic acids is 1. The molecular weight excluding hydrogens is 280 g/mol. The van der Waals surface area contributed by atoms with Crippen LogP contribution in [0.15, 0.2) is 55.0 Å². The van der Waals surface area contributed by atoms with Crippen molar-refractivity contribution in [1.82, 2.24) is 15.3 Å². The van der Waals surface area contributed by atoms with Gasteiger partial charge in [0.25, 0.3) is 0 Å². The van der Waals surface area contributed by atoms with Crippen molar-refractivity contribution in [3.63, 3.8) is 0 Å². The summed E-state index contributed by atoms with van der Waals surface area (Å²) < 4.78 is 5.91. The topological polar surface area (TPSA) is 76.1 Å². The van der Waals surface area contributed by atoms with Crippen molar-refractivity contribution in [1.29, 1.82) is 0 Å². The number of amides is 2. The summed E-state index contributed by atoms with van der Waals surface area (Å²) >= 11 is 0. The first-order valence-corrected chi connectivity index (χ1v) is 6.71. The minimum Gasteiger partial charge on any atom is -0.457 e. The van der Waals surface area contributed by atoms with E-state index in [9.17, 15) is 4.79 Å². The molecule has 0 aliphatic carbocycles. The average molecular weight is 294 g/mol. The third-order valence-electron chi connectivity index (χ3n) is 3.07. The van der Waals surface area contributed by atoms with Crippen molar-refractivity contribution in [3.05, 3.63) is 55.0 Å². The van der Waals surface area contributed by atoms with Gasteiger partial charge >= 0.3 is 6.03 Å². The van der Waals surface area contributed by atoms with Crippen LogP contribution in [-0.4, -0.2) is 23.0 Å². The van der Waals surface area contributed by atoms with E-state index >= 15 is 0 Å². The molecule has 2 N–H and O–H groups in total. The number of benzene rings is 1. The Morgan fingerprint density at radius 1 is 1.18 bits per heavy atom. The summed E-state index contributed by atoms with van der Waals surface area (Å²) in [6, 6.07) is 10.7. The van der Waals surface area contributed by atoms with Crippen molar-refractivity contribution in [2.45, 2.75) is 0 Å². The van der Waals surface area contributed by atoms with E-state index in [4.69, 9.17) is 4.74 Å². The molecule has 0 bridgehead atoms. The second kappa shape index (κ2) is 6.09. The van der Waals surface area contributed by atoms with Crippen LogP contribution in [0.3, 0.4) is 0 Å². The maximum Gasteiger partial charge on any atom is 0.320 e. The number of ether oxygens (including phenoxy) is 1. The predicted molar refractivity (Wildman–Crippen MR) is 84.1 cm³/mol. The van der Waals surface area contributed by atoms with Crippen LogP contribution >= 0.6 is 0 Å². The average Bonchev–Trinajstić information content (AvgIpc) is 2.55. The Bertz CT molecular complexity index is 815. The number of nitrogens with one attached hydrogen (secondary N) is 2. The number of fused-ring (bicyclic) bond motifs is 1. The van der Waals surface area contributed by atoms with Gasteiger partial charge < -0.3 is 10.1 Å². The number of carbonyl (C=O) groups is 1. The van der Waals surface area contributed by atoms with Gasteiger partial charge in [-0.1, -0.05) is 12.1 Å². The lowest BCUT2D eigenvalue weighted by Crippen LogP contribution is -2.24. The van der Waals surface area contributed by atoms with Gasteiger partial charge in [0.05, 0.1) is 0 Å². The van der Waals surface area contributed by atoms with Crippen LogP contribution in [-0.2, 0) is 0 Å². The largest absolute Gasteiger partial charge is 0.457 e. The van der Waals surface area contributed by atoms with Crippen LogP contribution < -0.4 is 15.4 Å². The number of rotatable bonds is 3. The first kappa shape index (κ1) is 13.8. The zero-order chi connectivity index (χ0) is 15.4. The van der Waals surface area contributed by atoms with Crippen molar-refractivity contribution in [2.24, 2.45) is 0 Å². The normalized spacial score (nSPS) is 10.2. The van der Waals surface area contributed by atoms with E-state index in [1.165, 1.54) is 0 Å². The first-order chi connectivity index (χ1) is 10.8. The second-order valence-corrected chi connectivity index (χ2v) is 4.54. The molecule has 1 aromatic carbocycles. The zero-order valence-electron chi connectivity index (χ0n) is 11.9. The summed E-state index contributed by atoms with van der Waals surface area (Å²) in [5.74, 6) is 1.72. The molecule has 0 radical (unpaired) electrons. The Labute approximate surface area is 127 Å². The van der Waals surface area contributed by atoms with Gasteiger partial charge in [0.2, 0.25) is 0 Å². The summed E-state index contributed by atoms with van der Waals surface area (Å²) in [5, 5.41) is 7.04. The maximum absolute atomic E-state index is 11.3. The van der Waals surface area contributed by atoms with Crippen molar-refractivity contribution >= 4 is 22.6 Å². The number of nitrogens with zero attached hydrogens (tertiary/aromatic N) is 2. The Hall–Kier alpha value is -3.15. The second-order valence-electron chi connectivity index (χ2n) is 4.54. The van der Waals surface area contributed by atoms with Crippen LogP contribution in [0.25, 0.3) is 10.8 Å². The molecule has 110 valence electrons. The van der Waals surface area contributed by atoms with Gasteiger partial charge in [-0.15, -0.1) is 0 Å². The van der Waals surface area contributed by atoms with Crippen LogP contribution in [0.1, 0.15) is 0 Å². The summed E-state index contributed by atoms with van der Waals surface area (Å²) in [6.45, 7) is 0. The van der Waals surface area contributed by atoms with E-state index in [0.717, 1.165) is 16.5 Å². The van der Waals surface area contributed by atoms with E-state index < -0.39 is 0 Å². The van der Waals surface area contributed by atoms with Gasteiger partial charge in [0.15, 0.2) is 0 Å². The SMILES string of the molecule is CNC(=O)Nc1cc(Oc2cccc3cnccc23)ccn1. The molecule has 0 aliphatic rings. The molecule has 22 heavy (non-hydrogen) atoms. The third-order valence-corrected chi connectivity index (χ3v) is 3.07. The first-order valence-electron chi connectivity index (χ1n) is 6.71. The van der Waals surface area contributed by atoms with E-state index in [1.54, 1.807) is 37.8 Å². The van der Waals surface area contributed by atoms with Gasteiger partial charge in [-0.3, -0.25) is 10.3 Å². The fourth-order valence-corrected chi connectivity index (χ4v) is 2.03. The Kier molecular flexibility index (Phi) is 3.82. The Morgan fingerprint density at radius 2 is 2.09 bits per heavy atom. The van der Waals surface area contributed by atoms with E-state index in [-0.39, 0.29) is 6.03 Å². The monoisotopic (exact) mass is 294 g/mol. The van der Waals surface area contributed by atoms with E-state index in [2.05, 4.69) is 20.6 Å². The number of aromatic nitrogens is 2. The number of anilines is 1. The molecule has 0 atom stereocenters. The molecule has 0 fully saturated rings. The number of hydrogen-bond donors (Lipinski definition) is 2. The van der Waals surface area contributed by atoms with Gasteiger partial charge in [0.1, 0.15) is 17.3 Å². The molecule has 2 aromatic heterocycles. The summed E-state index contributed by atoms with van der Waals surface area (Å²) in [5.41, 5.74) is 0. The Morgan fingerprint density at radius 3 is 2.95 bits per heavy atom. The van der Waals surface area contributed by atoms with Gasteiger partial charge in [-0.25, -0.2) is 9.78 Å². The number of pyridine rings is 2. The number of urea groups is 1. The van der Waals surface area contributed by atoms with Gasteiger partial charge in [-0.2, -0.15) is 0 Å². The quantitative estimate of drug-likeness (QED) is 0.778. The molecule has 2 amide bonds. The molecule has 3 rings (SSSR count). The highest BCUT2D eigenvalue weighted by Gasteiger charge is 2.06. The van der Waals surface area contributed by atoms with Gasteiger partial charge in [-0.05, 0) is 18.2 Å². The smallest absolute Gasteiger partial charge is 0.320 e. The summed E-state index contributed by atoms with van der Waals surface area (Å²) in [7, 11) is 1.54. The lowest BCUT2D eigenvalue weighted by atomic mass is 10.1. The van der Waals surface area contributed by atoms with Crippen LogP contribution in [0.5, 0.6) is 11.5 Å². The maximum atomic E-state index is 11.3. The van der Waals surface area contributed by atoms with E-state index in [0.29, 0.717) is 11.6 Å². The van der Waals surface area contributed by atoms with Crippen molar-refractivity contribution in [3.8, 4) is 11.5 Å². The summed E-state index contributed by atoms with van der Waals surface area (Å²) in [6.07, 6.45) is 5.08. The zero-order valence-corrected chi connectivity index (χ0v) is 11.9. The fourth-order valence-electron chi connectivity index (χ4n) is 2.03. The lowest BCUT2D eigenvalue weighted by molar-refractivity contribution is 0.254. The van der Waals surface area contributed by atoms with Crippen molar-refractivity contribution in [2.75, 3.05) is 12.4 Å². The van der Waals surface area contributed by atoms with Crippen LogP contribution in [0.2, 0.25) is 0 Å². The van der Waals surface area contributed by atoms with Gasteiger partial charge in [0, 0.05) is 42.5 Å². The highest BCUT2D eigenvalue weighted by molar-refractivity contribution is 5.89. The molecular formula is C16H14N4O2. The third kappa shape index (κ3) is 2.95. The predicted octanol–water partition coefficient (Wildman–Crippen LogP) is 3.17. The van der Waals surface area contributed by atoms with Crippen LogP contribution in [0, 0.1) is 0 Å². The molecule has 0 saturated heterocycles.